The zero-order valence-corrected chi connectivity index (χ0v) is 12.8. The lowest BCUT2D eigenvalue weighted by molar-refractivity contribution is 0.276. The van der Waals surface area contributed by atoms with Gasteiger partial charge >= 0.3 is 0 Å². The van der Waals surface area contributed by atoms with Gasteiger partial charge in [-0.1, -0.05) is 43.2 Å². The molecule has 0 bridgehead atoms. The van der Waals surface area contributed by atoms with Crippen LogP contribution in [-0.4, -0.2) is 24.7 Å². The lowest BCUT2D eigenvalue weighted by Crippen LogP contribution is -2.62. The minimum absolute atomic E-state index is 0.373. The number of nitrogens with one attached hydrogen (secondary N) is 1. The summed E-state index contributed by atoms with van der Waals surface area (Å²) >= 11 is 0. The molecule has 1 aliphatic heterocycles. The molecule has 2 aliphatic rings. The van der Waals surface area contributed by atoms with Gasteiger partial charge in [0.15, 0.2) is 0 Å². The number of hydrogen-bond acceptors (Lipinski definition) is 2. The van der Waals surface area contributed by atoms with Crippen LogP contribution in [0.4, 0.5) is 5.69 Å². The van der Waals surface area contributed by atoms with Crippen molar-refractivity contribution in [1.82, 2.24) is 5.32 Å². The first-order valence-corrected chi connectivity index (χ1v) is 8.26. The molecule has 1 saturated heterocycles. The van der Waals surface area contributed by atoms with Gasteiger partial charge in [-0.05, 0) is 42.7 Å². The van der Waals surface area contributed by atoms with E-state index in [0.717, 1.165) is 13.1 Å². The minimum Gasteiger partial charge on any atom is -0.366 e. The number of hydrogen-bond donors (Lipinski definition) is 1. The van der Waals surface area contributed by atoms with Crippen LogP contribution in [0.2, 0.25) is 0 Å². The maximum Gasteiger partial charge on any atom is 0.0387 e. The molecule has 1 spiro atoms. The van der Waals surface area contributed by atoms with Gasteiger partial charge in [-0.2, -0.15) is 0 Å². The lowest BCUT2D eigenvalue weighted by atomic mass is 9.92. The van der Waals surface area contributed by atoms with Crippen molar-refractivity contribution in [2.75, 3.05) is 18.0 Å². The molecule has 0 amide bonds. The highest BCUT2D eigenvalue weighted by molar-refractivity contribution is 5.86. The monoisotopic (exact) mass is 280 g/mol. The fraction of sp³-hybridized carbons (Fsp3) is 0.474. The molecule has 2 nitrogen and oxygen atoms in total. The third kappa shape index (κ3) is 2.32. The summed E-state index contributed by atoms with van der Waals surface area (Å²) in [4.78, 5) is 2.62. The molecule has 110 valence electrons. The third-order valence-corrected chi connectivity index (χ3v) is 5.40. The van der Waals surface area contributed by atoms with E-state index in [0.29, 0.717) is 11.6 Å². The molecule has 1 saturated carbocycles. The van der Waals surface area contributed by atoms with E-state index in [2.05, 4.69) is 59.6 Å². The summed E-state index contributed by atoms with van der Waals surface area (Å²) < 4.78 is 0. The molecule has 1 unspecified atom stereocenters. The van der Waals surface area contributed by atoms with Crippen LogP contribution in [0.1, 0.15) is 32.6 Å². The number of rotatable bonds is 1. The zero-order valence-electron chi connectivity index (χ0n) is 12.8. The molecular weight excluding hydrogens is 256 g/mol. The van der Waals surface area contributed by atoms with Gasteiger partial charge in [-0.15, -0.1) is 0 Å². The second kappa shape index (κ2) is 5.03. The van der Waals surface area contributed by atoms with Crippen LogP contribution in [-0.2, 0) is 0 Å². The molecule has 2 fully saturated rings. The van der Waals surface area contributed by atoms with Crippen molar-refractivity contribution >= 4 is 16.5 Å². The number of nitrogens with zero attached hydrogens (tertiary/aromatic N) is 1. The van der Waals surface area contributed by atoms with Gasteiger partial charge < -0.3 is 10.2 Å². The largest absolute Gasteiger partial charge is 0.366 e. The second-order valence-electron chi connectivity index (χ2n) is 6.88. The number of fused-ring (bicyclic) bond motifs is 1. The maximum atomic E-state index is 3.84. The number of piperazine rings is 1. The standard InChI is InChI=1S/C19H24N2/c1-15-13-20-19(10-4-5-11-19)14-21(15)18-9-8-16-6-2-3-7-17(16)12-18/h2-3,6-9,12,15,20H,4-5,10-11,13-14H2,1H3. The molecule has 1 atom stereocenters. The summed E-state index contributed by atoms with van der Waals surface area (Å²) in [7, 11) is 0. The molecule has 0 radical (unpaired) electrons. The predicted molar refractivity (Wildman–Crippen MR) is 90.0 cm³/mol. The van der Waals surface area contributed by atoms with Crippen LogP contribution in [0.5, 0.6) is 0 Å². The molecule has 1 heterocycles. The Hall–Kier alpha value is -1.54. The SMILES string of the molecule is CC1CNC2(CCCC2)CN1c1ccc2ccccc2c1. The summed E-state index contributed by atoms with van der Waals surface area (Å²) in [5, 5.41) is 6.52. The van der Waals surface area contributed by atoms with Crippen LogP contribution < -0.4 is 10.2 Å². The zero-order chi connectivity index (χ0) is 14.3. The Morgan fingerprint density at radius 2 is 1.81 bits per heavy atom. The van der Waals surface area contributed by atoms with E-state index >= 15 is 0 Å². The highest BCUT2D eigenvalue weighted by Gasteiger charge is 2.39. The van der Waals surface area contributed by atoms with E-state index in [1.807, 2.05) is 0 Å². The van der Waals surface area contributed by atoms with Crippen molar-refractivity contribution < 1.29 is 0 Å². The van der Waals surface area contributed by atoms with Crippen molar-refractivity contribution in [3.8, 4) is 0 Å². The van der Waals surface area contributed by atoms with E-state index < -0.39 is 0 Å². The van der Waals surface area contributed by atoms with E-state index in [-0.39, 0.29) is 0 Å². The molecule has 0 aromatic heterocycles. The third-order valence-electron chi connectivity index (χ3n) is 5.40. The Bertz CT molecular complexity index is 643. The van der Waals surface area contributed by atoms with Crippen molar-refractivity contribution in [2.45, 2.75) is 44.2 Å². The maximum absolute atomic E-state index is 3.84. The van der Waals surface area contributed by atoms with Gasteiger partial charge in [0.25, 0.3) is 0 Å². The van der Waals surface area contributed by atoms with Crippen molar-refractivity contribution in [1.29, 1.82) is 0 Å². The minimum atomic E-state index is 0.373. The molecular formula is C19H24N2. The number of benzene rings is 2. The second-order valence-corrected chi connectivity index (χ2v) is 6.88. The fourth-order valence-corrected chi connectivity index (χ4v) is 4.10. The Morgan fingerprint density at radius 1 is 1.05 bits per heavy atom. The molecule has 4 rings (SSSR count). The molecule has 1 aliphatic carbocycles. The average Bonchev–Trinajstić information content (AvgIpc) is 2.98. The summed E-state index contributed by atoms with van der Waals surface area (Å²) in [6.45, 7) is 4.60. The summed E-state index contributed by atoms with van der Waals surface area (Å²) in [6.07, 6.45) is 5.44. The summed E-state index contributed by atoms with van der Waals surface area (Å²) in [5.41, 5.74) is 1.76. The van der Waals surface area contributed by atoms with Crippen LogP contribution in [0, 0.1) is 0 Å². The first kappa shape index (κ1) is 13.1. The van der Waals surface area contributed by atoms with E-state index in [4.69, 9.17) is 0 Å². The average molecular weight is 280 g/mol. The van der Waals surface area contributed by atoms with Gasteiger partial charge in [0, 0.05) is 30.4 Å². The van der Waals surface area contributed by atoms with Crippen LogP contribution in [0.25, 0.3) is 10.8 Å². The molecule has 2 aromatic carbocycles. The van der Waals surface area contributed by atoms with Gasteiger partial charge in [0.1, 0.15) is 0 Å². The Morgan fingerprint density at radius 3 is 2.62 bits per heavy atom. The molecule has 1 N–H and O–H groups in total. The van der Waals surface area contributed by atoms with Gasteiger partial charge in [-0.3, -0.25) is 0 Å². The molecule has 2 aromatic rings. The Balaban J connectivity index is 1.68. The van der Waals surface area contributed by atoms with Crippen molar-refractivity contribution in [3.05, 3.63) is 42.5 Å². The number of anilines is 1. The predicted octanol–water partition coefficient (Wildman–Crippen LogP) is 3.95. The first-order chi connectivity index (χ1) is 10.3. The van der Waals surface area contributed by atoms with Crippen LogP contribution in [0.15, 0.2) is 42.5 Å². The van der Waals surface area contributed by atoms with Crippen molar-refractivity contribution in [3.63, 3.8) is 0 Å². The molecule has 2 heteroatoms. The fourth-order valence-electron chi connectivity index (χ4n) is 4.10. The molecule has 21 heavy (non-hydrogen) atoms. The van der Waals surface area contributed by atoms with Gasteiger partial charge in [-0.25, -0.2) is 0 Å². The Labute approximate surface area is 127 Å². The topological polar surface area (TPSA) is 15.3 Å². The normalized spacial score (nSPS) is 24.8. The summed E-state index contributed by atoms with van der Waals surface area (Å²) in [5.74, 6) is 0. The van der Waals surface area contributed by atoms with E-state index in [1.165, 1.54) is 42.1 Å². The van der Waals surface area contributed by atoms with Crippen LogP contribution >= 0.6 is 0 Å². The van der Waals surface area contributed by atoms with Crippen molar-refractivity contribution in [2.24, 2.45) is 0 Å². The Kier molecular flexibility index (Phi) is 3.15. The lowest BCUT2D eigenvalue weighted by Gasteiger charge is -2.46. The first-order valence-electron chi connectivity index (χ1n) is 8.26. The quantitative estimate of drug-likeness (QED) is 0.851. The van der Waals surface area contributed by atoms with Gasteiger partial charge in [0.2, 0.25) is 0 Å². The van der Waals surface area contributed by atoms with E-state index in [1.54, 1.807) is 0 Å². The summed E-state index contributed by atoms with van der Waals surface area (Å²) in [6, 6.07) is 16.1. The highest BCUT2D eigenvalue weighted by atomic mass is 15.3. The smallest absolute Gasteiger partial charge is 0.0387 e. The van der Waals surface area contributed by atoms with Gasteiger partial charge in [0.05, 0.1) is 0 Å². The highest BCUT2D eigenvalue weighted by Crippen LogP contribution is 2.35. The van der Waals surface area contributed by atoms with Crippen LogP contribution in [0.3, 0.4) is 0 Å². The van der Waals surface area contributed by atoms with E-state index in [9.17, 15) is 0 Å².